The number of nitrogens with zero attached hydrogens (tertiary/aromatic N) is 3. The second kappa shape index (κ2) is 12.6. The van der Waals surface area contributed by atoms with Gasteiger partial charge < -0.3 is 24.6 Å². The topological polar surface area (TPSA) is 137 Å². The Morgan fingerprint density at radius 1 is 1.16 bits per heavy atom. The number of hydrogen-bond donors (Lipinski definition) is 2. The quantitative estimate of drug-likeness (QED) is 0.371. The van der Waals surface area contributed by atoms with E-state index < -0.39 is 33.9 Å². The molecule has 1 aromatic carbocycles. The van der Waals surface area contributed by atoms with Gasteiger partial charge in [-0.05, 0) is 43.4 Å². The van der Waals surface area contributed by atoms with E-state index in [-0.39, 0.29) is 38.1 Å². The van der Waals surface area contributed by atoms with Gasteiger partial charge in [0, 0.05) is 51.3 Å². The molecule has 3 aliphatic heterocycles. The average molecular weight is 554 g/mol. The lowest BCUT2D eigenvalue weighted by atomic mass is 9.84. The van der Waals surface area contributed by atoms with Gasteiger partial charge in [-0.3, -0.25) is 14.5 Å². The number of benzene rings is 1. The van der Waals surface area contributed by atoms with Gasteiger partial charge in [0.25, 0.3) is 0 Å². The van der Waals surface area contributed by atoms with Crippen molar-refractivity contribution in [2.24, 2.45) is 5.92 Å². The van der Waals surface area contributed by atoms with Gasteiger partial charge in [0.1, 0.15) is 0 Å². The number of aliphatic hydroxyl groups is 1. The zero-order chi connectivity index (χ0) is 27.3. The lowest BCUT2D eigenvalue weighted by Crippen LogP contribution is -2.46. The number of hydrogen-bond acceptors (Lipinski definition) is 8. The van der Waals surface area contributed by atoms with E-state index in [2.05, 4.69) is 0 Å². The molecule has 1 amide bonds. The van der Waals surface area contributed by atoms with Crippen LogP contribution in [0.15, 0.2) is 18.2 Å². The molecule has 1 unspecified atom stereocenters. The number of aliphatic carboxylic acids is 1. The Bertz CT molecular complexity index is 1090. The molecule has 1 aromatic rings. The normalized spacial score (nSPS) is 24.6. The Morgan fingerprint density at radius 2 is 1.92 bits per heavy atom. The van der Waals surface area contributed by atoms with Crippen LogP contribution in [-0.2, 0) is 19.6 Å². The summed E-state index contributed by atoms with van der Waals surface area (Å²) >= 11 is 0. The van der Waals surface area contributed by atoms with Crippen LogP contribution < -0.4 is 9.47 Å². The maximum atomic E-state index is 13.4. The van der Waals surface area contributed by atoms with Gasteiger partial charge in [-0.25, -0.2) is 12.7 Å². The number of aliphatic hydroxyl groups excluding tert-OH is 1. The molecule has 3 heterocycles. The summed E-state index contributed by atoms with van der Waals surface area (Å²) in [6, 6.07) is 4.91. The minimum atomic E-state index is -3.33. The molecular formula is C26H39N3O8S. The number of carbonyl (C=O) groups excluding carboxylic acids is 1. The van der Waals surface area contributed by atoms with Gasteiger partial charge in [-0.1, -0.05) is 19.4 Å². The standard InChI is InChI=1S/C26H39N3O8S/c1-2-3-9-27(10-4-13-30)24(31)17-28-16-20(19-6-7-22-23(15-19)37-18-36-22)25(26(32)33)21(28)8-12-29-11-5-14-38(29,34)35/h6-7,15,20-21,25,30H,2-5,8-14,16-18H2,1H3,(H,32,33)/t20-,21+,25?/m1/s1. The van der Waals surface area contributed by atoms with Crippen LogP contribution >= 0.6 is 0 Å². The monoisotopic (exact) mass is 553 g/mol. The number of fused-ring (bicyclic) bond motifs is 1. The Kier molecular flexibility index (Phi) is 9.50. The molecule has 0 spiro atoms. The number of rotatable bonds is 13. The lowest BCUT2D eigenvalue weighted by Gasteiger charge is -2.30. The van der Waals surface area contributed by atoms with Crippen LogP contribution in [0.1, 0.15) is 50.5 Å². The van der Waals surface area contributed by atoms with E-state index in [0.717, 1.165) is 18.4 Å². The highest BCUT2D eigenvalue weighted by atomic mass is 32.2. The van der Waals surface area contributed by atoms with E-state index in [0.29, 0.717) is 56.9 Å². The Hall–Kier alpha value is -2.41. The van der Waals surface area contributed by atoms with Crippen LogP contribution in [-0.4, -0.2) is 109 Å². The molecule has 3 aliphatic rings. The predicted molar refractivity (Wildman–Crippen MR) is 140 cm³/mol. The molecular weight excluding hydrogens is 514 g/mol. The van der Waals surface area contributed by atoms with Crippen LogP contribution in [0.5, 0.6) is 11.5 Å². The van der Waals surface area contributed by atoms with Crippen LogP contribution in [0, 0.1) is 5.92 Å². The Labute approximate surface area is 224 Å². The van der Waals surface area contributed by atoms with Crippen molar-refractivity contribution in [3.63, 3.8) is 0 Å². The van der Waals surface area contributed by atoms with E-state index in [1.54, 1.807) is 11.0 Å². The number of likely N-dealkylation sites (tertiary alicyclic amines) is 1. The summed E-state index contributed by atoms with van der Waals surface area (Å²) in [5, 5.41) is 19.7. The molecule has 3 atom stereocenters. The van der Waals surface area contributed by atoms with Gasteiger partial charge in [0.15, 0.2) is 11.5 Å². The van der Waals surface area contributed by atoms with Crippen molar-refractivity contribution in [1.82, 2.24) is 14.1 Å². The zero-order valence-electron chi connectivity index (χ0n) is 22.0. The van der Waals surface area contributed by atoms with Gasteiger partial charge in [-0.2, -0.15) is 0 Å². The Morgan fingerprint density at radius 3 is 2.61 bits per heavy atom. The summed E-state index contributed by atoms with van der Waals surface area (Å²) in [4.78, 5) is 29.7. The highest BCUT2D eigenvalue weighted by molar-refractivity contribution is 7.89. The summed E-state index contributed by atoms with van der Waals surface area (Å²) in [5.74, 6) is -1.03. The molecule has 11 nitrogen and oxygen atoms in total. The summed E-state index contributed by atoms with van der Waals surface area (Å²) in [5.41, 5.74) is 0.790. The fourth-order valence-electron chi connectivity index (χ4n) is 5.80. The number of carboxylic acids is 1. The molecule has 0 saturated carbocycles. The first kappa shape index (κ1) is 28.6. The van der Waals surface area contributed by atoms with E-state index in [1.165, 1.54) is 4.31 Å². The summed E-state index contributed by atoms with van der Waals surface area (Å²) in [6.07, 6.45) is 3.12. The van der Waals surface area contributed by atoms with Crippen molar-refractivity contribution in [3.8, 4) is 11.5 Å². The maximum absolute atomic E-state index is 13.4. The molecule has 2 saturated heterocycles. The highest BCUT2D eigenvalue weighted by Crippen LogP contribution is 2.43. The third-order valence-corrected chi connectivity index (χ3v) is 9.75. The summed E-state index contributed by atoms with van der Waals surface area (Å²) in [6.45, 7) is 4.20. The summed E-state index contributed by atoms with van der Waals surface area (Å²) in [7, 11) is -3.33. The van der Waals surface area contributed by atoms with Crippen LogP contribution in [0.2, 0.25) is 0 Å². The molecule has 0 aromatic heterocycles. The van der Waals surface area contributed by atoms with Gasteiger partial charge in [0.2, 0.25) is 22.7 Å². The van der Waals surface area contributed by atoms with Gasteiger partial charge in [0.05, 0.1) is 18.2 Å². The first-order valence-electron chi connectivity index (χ1n) is 13.5. The molecule has 0 aliphatic carbocycles. The molecule has 2 fully saturated rings. The van der Waals surface area contributed by atoms with E-state index in [1.807, 2.05) is 24.0 Å². The van der Waals surface area contributed by atoms with Crippen molar-refractivity contribution in [2.75, 3.05) is 58.4 Å². The van der Waals surface area contributed by atoms with Gasteiger partial charge >= 0.3 is 5.97 Å². The third kappa shape index (κ3) is 6.41. The van der Waals surface area contributed by atoms with Crippen molar-refractivity contribution in [2.45, 2.75) is 51.0 Å². The Balaban J connectivity index is 1.59. The van der Waals surface area contributed by atoms with Crippen LogP contribution in [0.25, 0.3) is 0 Å². The number of amides is 1. The van der Waals surface area contributed by atoms with Crippen molar-refractivity contribution in [3.05, 3.63) is 23.8 Å². The molecule has 212 valence electrons. The van der Waals surface area contributed by atoms with Crippen molar-refractivity contribution in [1.29, 1.82) is 0 Å². The number of carboxylic acid groups (broad SMARTS) is 1. The minimum absolute atomic E-state index is 0.0141. The smallest absolute Gasteiger partial charge is 0.308 e. The molecule has 4 rings (SSSR count). The fraction of sp³-hybridized carbons (Fsp3) is 0.692. The van der Waals surface area contributed by atoms with Crippen LogP contribution in [0.3, 0.4) is 0 Å². The second-order valence-electron chi connectivity index (χ2n) is 10.2. The highest BCUT2D eigenvalue weighted by Gasteiger charge is 2.47. The lowest BCUT2D eigenvalue weighted by molar-refractivity contribution is -0.144. The number of unbranched alkanes of at least 4 members (excludes halogenated alkanes) is 1. The first-order chi connectivity index (χ1) is 18.2. The summed E-state index contributed by atoms with van der Waals surface area (Å²) < 4.78 is 37.2. The molecule has 12 heteroatoms. The second-order valence-corrected chi connectivity index (χ2v) is 12.3. The number of carbonyl (C=O) groups is 2. The average Bonchev–Trinajstić information content (AvgIpc) is 3.58. The zero-order valence-corrected chi connectivity index (χ0v) is 22.8. The van der Waals surface area contributed by atoms with Gasteiger partial charge in [-0.15, -0.1) is 0 Å². The molecule has 2 N–H and O–H groups in total. The number of ether oxygens (including phenoxy) is 2. The SMILES string of the molecule is CCCCN(CCCO)C(=O)CN1C[C@H](c2ccc3c(c2)OCO3)C(C(=O)O)[C@@H]1CCN1CCCS1(=O)=O. The van der Waals surface area contributed by atoms with Crippen LogP contribution in [0.4, 0.5) is 0 Å². The third-order valence-electron chi connectivity index (χ3n) is 7.79. The molecule has 0 bridgehead atoms. The largest absolute Gasteiger partial charge is 0.481 e. The fourth-order valence-corrected chi connectivity index (χ4v) is 7.34. The van der Waals surface area contributed by atoms with E-state index in [4.69, 9.17) is 9.47 Å². The van der Waals surface area contributed by atoms with E-state index >= 15 is 0 Å². The van der Waals surface area contributed by atoms with Crippen molar-refractivity contribution >= 4 is 21.9 Å². The first-order valence-corrected chi connectivity index (χ1v) is 15.1. The number of sulfonamides is 1. The minimum Gasteiger partial charge on any atom is -0.481 e. The van der Waals surface area contributed by atoms with Crippen molar-refractivity contribution < 1.29 is 37.7 Å². The molecule has 0 radical (unpaired) electrons. The van der Waals surface area contributed by atoms with E-state index in [9.17, 15) is 28.2 Å². The maximum Gasteiger partial charge on any atom is 0.308 e. The predicted octanol–water partition coefficient (Wildman–Crippen LogP) is 1.32. The molecule has 38 heavy (non-hydrogen) atoms.